The molecule has 36 heavy (non-hydrogen) atoms. The van der Waals surface area contributed by atoms with Crippen molar-refractivity contribution in [3.05, 3.63) is 99.3 Å². The molecule has 1 aliphatic rings. The number of ether oxygens (including phenoxy) is 1. The Morgan fingerprint density at radius 3 is 2.39 bits per heavy atom. The van der Waals surface area contributed by atoms with Crippen molar-refractivity contribution in [2.75, 3.05) is 37.7 Å². The largest absolute Gasteiger partial charge is 0.491 e. The maximum Gasteiger partial charge on any atom is 0.187 e. The molecular weight excluding hydrogens is 497 g/mol. The summed E-state index contributed by atoms with van der Waals surface area (Å²) >= 11 is 12.9. The number of piperazine rings is 1. The Morgan fingerprint density at radius 2 is 1.78 bits per heavy atom. The van der Waals surface area contributed by atoms with E-state index >= 15 is 0 Å². The van der Waals surface area contributed by atoms with Gasteiger partial charge in [0.15, 0.2) is 5.69 Å². The predicted molar refractivity (Wildman–Crippen MR) is 144 cm³/mol. The van der Waals surface area contributed by atoms with Gasteiger partial charge in [0.25, 0.3) is 0 Å². The van der Waals surface area contributed by atoms with E-state index in [0.717, 1.165) is 23.4 Å². The zero-order valence-electron chi connectivity index (χ0n) is 20.0. The highest BCUT2D eigenvalue weighted by Gasteiger charge is 2.33. The standard InChI is InChI=1S/C28H29Cl2N3O3/c1-19(35)18-36-24-11-12-26(25(30)15-24)33-14-13-32(16-27(33)20-3-7-22(29)8-4-20)28(17-34)21-5-9-23(31-2)10-6-21/h3-12,15,19,27-28,34-35H,13-14,16-18H2,1H3/t19-,27+,28+/m1/s1. The monoisotopic (exact) mass is 525 g/mol. The van der Waals surface area contributed by atoms with E-state index in [0.29, 0.717) is 34.6 Å². The van der Waals surface area contributed by atoms with Crippen LogP contribution in [0.5, 0.6) is 5.75 Å². The van der Waals surface area contributed by atoms with Crippen molar-refractivity contribution in [3.63, 3.8) is 0 Å². The molecule has 3 aromatic rings. The van der Waals surface area contributed by atoms with Crippen LogP contribution in [0.2, 0.25) is 10.0 Å². The Labute approximate surface area is 222 Å². The number of anilines is 1. The van der Waals surface area contributed by atoms with E-state index in [1.54, 1.807) is 25.1 Å². The summed E-state index contributed by atoms with van der Waals surface area (Å²) in [6.45, 7) is 11.1. The van der Waals surface area contributed by atoms with Gasteiger partial charge in [-0.3, -0.25) is 4.90 Å². The van der Waals surface area contributed by atoms with E-state index in [2.05, 4.69) is 14.6 Å². The molecule has 1 saturated heterocycles. The number of aliphatic hydroxyl groups excluding tert-OH is 2. The van der Waals surface area contributed by atoms with Gasteiger partial charge in [0, 0.05) is 30.7 Å². The third-order valence-corrected chi connectivity index (χ3v) is 6.96. The van der Waals surface area contributed by atoms with Gasteiger partial charge < -0.3 is 19.8 Å². The number of hydrogen-bond donors (Lipinski definition) is 2. The fourth-order valence-corrected chi connectivity index (χ4v) is 4.98. The summed E-state index contributed by atoms with van der Waals surface area (Å²) in [4.78, 5) is 8.02. The van der Waals surface area contributed by atoms with Crippen molar-refractivity contribution >= 4 is 34.6 Å². The Morgan fingerprint density at radius 1 is 1.06 bits per heavy atom. The van der Waals surface area contributed by atoms with E-state index in [1.807, 2.05) is 48.5 Å². The van der Waals surface area contributed by atoms with Gasteiger partial charge in [0.05, 0.1) is 42.1 Å². The molecule has 8 heteroatoms. The molecule has 1 heterocycles. The minimum atomic E-state index is -0.567. The molecule has 0 saturated carbocycles. The number of aliphatic hydroxyl groups is 2. The van der Waals surface area contributed by atoms with Gasteiger partial charge in [-0.1, -0.05) is 59.6 Å². The molecule has 0 spiro atoms. The van der Waals surface area contributed by atoms with E-state index in [9.17, 15) is 10.2 Å². The van der Waals surface area contributed by atoms with Crippen LogP contribution in [0, 0.1) is 6.57 Å². The van der Waals surface area contributed by atoms with Gasteiger partial charge in [-0.05, 0) is 42.3 Å². The molecule has 0 aromatic heterocycles. The van der Waals surface area contributed by atoms with Crippen LogP contribution < -0.4 is 9.64 Å². The maximum atomic E-state index is 10.3. The number of hydrogen-bond acceptors (Lipinski definition) is 5. The molecule has 6 nitrogen and oxygen atoms in total. The van der Waals surface area contributed by atoms with Crippen LogP contribution in [0.1, 0.15) is 30.1 Å². The molecule has 0 amide bonds. The predicted octanol–water partition coefficient (Wildman–Crippen LogP) is 5.90. The second-order valence-corrected chi connectivity index (χ2v) is 9.77. The second-order valence-electron chi connectivity index (χ2n) is 8.93. The molecule has 4 rings (SSSR count). The quantitative estimate of drug-likeness (QED) is 0.358. The first-order chi connectivity index (χ1) is 17.4. The number of halogens is 2. The fourth-order valence-electron chi connectivity index (χ4n) is 4.58. The van der Waals surface area contributed by atoms with E-state index in [4.69, 9.17) is 34.5 Å². The highest BCUT2D eigenvalue weighted by atomic mass is 35.5. The van der Waals surface area contributed by atoms with Crippen LogP contribution in [-0.4, -0.2) is 54.1 Å². The first-order valence-electron chi connectivity index (χ1n) is 11.8. The van der Waals surface area contributed by atoms with Crippen molar-refractivity contribution < 1.29 is 14.9 Å². The lowest BCUT2D eigenvalue weighted by molar-refractivity contribution is 0.103. The Bertz CT molecular complexity index is 1200. The van der Waals surface area contributed by atoms with Crippen molar-refractivity contribution in [1.29, 1.82) is 0 Å². The van der Waals surface area contributed by atoms with Crippen LogP contribution in [0.4, 0.5) is 11.4 Å². The van der Waals surface area contributed by atoms with Crippen LogP contribution in [-0.2, 0) is 0 Å². The van der Waals surface area contributed by atoms with Crippen LogP contribution in [0.3, 0.4) is 0 Å². The third kappa shape index (κ3) is 6.12. The molecule has 0 aliphatic carbocycles. The Hall–Kier alpha value is -2.79. The molecule has 188 valence electrons. The first-order valence-corrected chi connectivity index (χ1v) is 12.6. The van der Waals surface area contributed by atoms with Crippen molar-refractivity contribution in [2.24, 2.45) is 0 Å². The SMILES string of the molecule is [C-]#[N+]c1ccc([C@H](CO)N2CCN(c3ccc(OC[C@@H](C)O)cc3Cl)[C@H](c3ccc(Cl)cc3)C2)cc1. The van der Waals surface area contributed by atoms with E-state index < -0.39 is 6.10 Å². The van der Waals surface area contributed by atoms with Gasteiger partial charge in [0.1, 0.15) is 12.4 Å². The van der Waals surface area contributed by atoms with Crippen LogP contribution in [0.25, 0.3) is 4.85 Å². The summed E-state index contributed by atoms with van der Waals surface area (Å²) in [5, 5.41) is 21.1. The zero-order chi connectivity index (χ0) is 25.7. The van der Waals surface area contributed by atoms with Crippen molar-refractivity contribution in [3.8, 4) is 5.75 Å². The highest BCUT2D eigenvalue weighted by molar-refractivity contribution is 6.33. The van der Waals surface area contributed by atoms with Crippen molar-refractivity contribution in [1.82, 2.24) is 4.90 Å². The molecule has 1 fully saturated rings. The molecular formula is C28H29Cl2N3O3. The lowest BCUT2D eigenvalue weighted by atomic mass is 9.98. The molecule has 1 aliphatic heterocycles. The Balaban J connectivity index is 1.63. The third-order valence-electron chi connectivity index (χ3n) is 6.41. The molecule has 3 atom stereocenters. The molecule has 0 radical (unpaired) electrons. The van der Waals surface area contributed by atoms with Gasteiger partial charge >= 0.3 is 0 Å². The summed E-state index contributed by atoms with van der Waals surface area (Å²) in [6.07, 6.45) is -0.567. The molecule has 3 aromatic carbocycles. The van der Waals surface area contributed by atoms with Crippen molar-refractivity contribution in [2.45, 2.75) is 25.1 Å². The number of benzene rings is 3. The minimum absolute atomic E-state index is 0.0270. The average Bonchev–Trinajstić information content (AvgIpc) is 2.89. The minimum Gasteiger partial charge on any atom is -0.491 e. The lowest BCUT2D eigenvalue weighted by Gasteiger charge is -2.46. The van der Waals surface area contributed by atoms with Crippen LogP contribution in [0.15, 0.2) is 66.7 Å². The van der Waals surface area contributed by atoms with Crippen LogP contribution >= 0.6 is 23.2 Å². The Kier molecular flexibility index (Phi) is 8.73. The first kappa shape index (κ1) is 26.3. The normalized spacial score (nSPS) is 17.9. The molecule has 0 unspecified atom stereocenters. The van der Waals surface area contributed by atoms with E-state index in [-0.39, 0.29) is 25.3 Å². The lowest BCUT2D eigenvalue weighted by Crippen LogP contribution is -2.50. The summed E-state index contributed by atoms with van der Waals surface area (Å²) in [5.74, 6) is 0.606. The summed E-state index contributed by atoms with van der Waals surface area (Å²) in [7, 11) is 0. The number of rotatable bonds is 8. The summed E-state index contributed by atoms with van der Waals surface area (Å²) in [6, 6.07) is 20.6. The fraction of sp³-hybridized carbons (Fsp3) is 0.321. The topological polar surface area (TPSA) is 60.5 Å². The number of nitrogens with zero attached hydrogens (tertiary/aromatic N) is 3. The van der Waals surface area contributed by atoms with Gasteiger partial charge in [-0.15, -0.1) is 0 Å². The van der Waals surface area contributed by atoms with Gasteiger partial charge in [-0.2, -0.15) is 0 Å². The molecule has 2 N–H and O–H groups in total. The van der Waals surface area contributed by atoms with Gasteiger partial charge in [0.2, 0.25) is 0 Å². The smallest absolute Gasteiger partial charge is 0.187 e. The summed E-state index contributed by atoms with van der Waals surface area (Å²) < 4.78 is 5.62. The summed E-state index contributed by atoms with van der Waals surface area (Å²) in [5.41, 5.74) is 3.54. The zero-order valence-corrected chi connectivity index (χ0v) is 21.5. The average molecular weight is 526 g/mol. The highest BCUT2D eigenvalue weighted by Crippen LogP contribution is 2.39. The maximum absolute atomic E-state index is 10.3. The molecule has 0 bridgehead atoms. The van der Waals surface area contributed by atoms with E-state index in [1.165, 1.54) is 0 Å². The second kappa shape index (κ2) is 12.0. The van der Waals surface area contributed by atoms with Gasteiger partial charge in [-0.25, -0.2) is 4.85 Å².